The maximum absolute atomic E-state index is 10.7. The smallest absolute Gasteiger partial charge is 0.335 e. The third kappa shape index (κ3) is 2.74. The van der Waals surface area contributed by atoms with Gasteiger partial charge in [0.1, 0.15) is 5.76 Å². The van der Waals surface area contributed by atoms with Crippen LogP contribution in [0.3, 0.4) is 0 Å². The molecule has 0 aliphatic rings. The molecule has 1 aromatic rings. The predicted molar refractivity (Wildman–Crippen MR) is 48.1 cm³/mol. The van der Waals surface area contributed by atoms with E-state index in [0.717, 1.165) is 6.42 Å². The molecular weight excluding hydrogens is 152 g/mol. The molecule has 1 aromatic heterocycles. The van der Waals surface area contributed by atoms with Gasteiger partial charge in [0.2, 0.25) is 0 Å². The lowest BCUT2D eigenvalue weighted by Crippen LogP contribution is -1.96. The standard InChI is InChI=1S/C10H12O2/c1-2-3-4-6-9-7-5-8-10(11)12-9/h3-5,7-8H,2,6H2,1H3/b4-3+. The first-order valence-corrected chi connectivity index (χ1v) is 4.07. The maximum Gasteiger partial charge on any atom is 0.335 e. The molecule has 0 spiro atoms. The lowest BCUT2D eigenvalue weighted by molar-refractivity contribution is 0.470. The summed E-state index contributed by atoms with van der Waals surface area (Å²) in [6, 6.07) is 4.93. The van der Waals surface area contributed by atoms with E-state index in [-0.39, 0.29) is 5.63 Å². The SMILES string of the molecule is CC/C=C/Cc1cccc(=O)o1. The average Bonchev–Trinajstić information content (AvgIpc) is 2.05. The van der Waals surface area contributed by atoms with Gasteiger partial charge in [0, 0.05) is 12.5 Å². The van der Waals surface area contributed by atoms with Crippen LogP contribution in [0, 0.1) is 0 Å². The van der Waals surface area contributed by atoms with E-state index in [1.807, 2.05) is 12.2 Å². The van der Waals surface area contributed by atoms with Crippen molar-refractivity contribution in [1.29, 1.82) is 0 Å². The van der Waals surface area contributed by atoms with Gasteiger partial charge in [0.05, 0.1) is 0 Å². The lowest BCUT2D eigenvalue weighted by Gasteiger charge is -1.91. The molecule has 0 aliphatic heterocycles. The summed E-state index contributed by atoms with van der Waals surface area (Å²) in [5.74, 6) is 0.715. The zero-order valence-electron chi connectivity index (χ0n) is 7.12. The summed E-state index contributed by atoms with van der Waals surface area (Å²) < 4.78 is 4.92. The van der Waals surface area contributed by atoms with E-state index >= 15 is 0 Å². The molecular formula is C10H12O2. The van der Waals surface area contributed by atoms with E-state index in [2.05, 4.69) is 6.92 Å². The highest BCUT2D eigenvalue weighted by atomic mass is 16.4. The summed E-state index contributed by atoms with van der Waals surface area (Å²) in [5, 5.41) is 0. The fraction of sp³-hybridized carbons (Fsp3) is 0.300. The number of hydrogen-bond donors (Lipinski definition) is 0. The van der Waals surface area contributed by atoms with Crippen molar-refractivity contribution in [2.24, 2.45) is 0 Å². The van der Waals surface area contributed by atoms with Crippen molar-refractivity contribution < 1.29 is 4.42 Å². The number of rotatable bonds is 3. The van der Waals surface area contributed by atoms with Crippen LogP contribution in [0.2, 0.25) is 0 Å². The molecule has 0 radical (unpaired) electrons. The zero-order chi connectivity index (χ0) is 8.81. The van der Waals surface area contributed by atoms with E-state index in [1.54, 1.807) is 12.1 Å². The minimum atomic E-state index is -0.280. The van der Waals surface area contributed by atoms with Gasteiger partial charge in [-0.15, -0.1) is 0 Å². The average molecular weight is 164 g/mol. The van der Waals surface area contributed by atoms with Crippen LogP contribution in [0.5, 0.6) is 0 Å². The molecule has 2 nitrogen and oxygen atoms in total. The van der Waals surface area contributed by atoms with Gasteiger partial charge in [-0.05, 0) is 12.5 Å². The Morgan fingerprint density at radius 2 is 2.25 bits per heavy atom. The molecule has 1 heterocycles. The Hall–Kier alpha value is -1.31. The first-order chi connectivity index (χ1) is 5.83. The van der Waals surface area contributed by atoms with Crippen LogP contribution in [0.4, 0.5) is 0 Å². The van der Waals surface area contributed by atoms with Gasteiger partial charge in [-0.25, -0.2) is 4.79 Å². The monoisotopic (exact) mass is 164 g/mol. The Labute approximate surface area is 71.5 Å². The third-order valence-electron chi connectivity index (χ3n) is 1.47. The van der Waals surface area contributed by atoms with Gasteiger partial charge in [0.15, 0.2) is 0 Å². The highest BCUT2D eigenvalue weighted by Gasteiger charge is 1.90. The Kier molecular flexibility index (Phi) is 3.33. The summed E-state index contributed by atoms with van der Waals surface area (Å²) in [4.78, 5) is 10.7. The second-order valence-electron chi connectivity index (χ2n) is 2.50. The van der Waals surface area contributed by atoms with Crippen LogP contribution in [0.15, 0.2) is 39.6 Å². The maximum atomic E-state index is 10.7. The molecule has 0 aliphatic carbocycles. The van der Waals surface area contributed by atoms with E-state index in [4.69, 9.17) is 4.42 Å². The van der Waals surface area contributed by atoms with Crippen LogP contribution >= 0.6 is 0 Å². The van der Waals surface area contributed by atoms with Crippen molar-refractivity contribution in [2.75, 3.05) is 0 Å². The molecule has 2 heteroatoms. The van der Waals surface area contributed by atoms with E-state index in [1.165, 1.54) is 6.07 Å². The van der Waals surface area contributed by atoms with Crippen molar-refractivity contribution in [3.8, 4) is 0 Å². The molecule has 1 rings (SSSR count). The highest BCUT2D eigenvalue weighted by Crippen LogP contribution is 1.97. The first-order valence-electron chi connectivity index (χ1n) is 4.07. The molecule has 0 N–H and O–H groups in total. The Balaban J connectivity index is 2.64. The fourth-order valence-electron chi connectivity index (χ4n) is 0.907. The van der Waals surface area contributed by atoms with Gasteiger partial charge in [-0.2, -0.15) is 0 Å². The molecule has 0 saturated carbocycles. The van der Waals surface area contributed by atoms with Gasteiger partial charge in [-0.3, -0.25) is 0 Å². The summed E-state index contributed by atoms with van der Waals surface area (Å²) in [7, 11) is 0. The Morgan fingerprint density at radius 1 is 1.42 bits per heavy atom. The summed E-state index contributed by atoms with van der Waals surface area (Å²) in [6.45, 7) is 2.07. The second kappa shape index (κ2) is 4.54. The summed E-state index contributed by atoms with van der Waals surface area (Å²) in [6.07, 6.45) is 5.76. The topological polar surface area (TPSA) is 30.2 Å². The molecule has 0 amide bonds. The van der Waals surface area contributed by atoms with Crippen LogP contribution in [-0.4, -0.2) is 0 Å². The number of allylic oxidation sites excluding steroid dienone is 2. The normalized spacial score (nSPS) is 10.8. The Bertz CT molecular complexity index is 310. The van der Waals surface area contributed by atoms with Crippen LogP contribution in [0.1, 0.15) is 19.1 Å². The minimum Gasteiger partial charge on any atom is -0.428 e. The van der Waals surface area contributed by atoms with Crippen molar-refractivity contribution in [2.45, 2.75) is 19.8 Å². The molecule has 64 valence electrons. The minimum absolute atomic E-state index is 0.280. The van der Waals surface area contributed by atoms with E-state index in [9.17, 15) is 4.79 Å². The molecule has 0 bridgehead atoms. The third-order valence-corrected chi connectivity index (χ3v) is 1.47. The molecule has 0 unspecified atom stereocenters. The molecule has 0 saturated heterocycles. The second-order valence-corrected chi connectivity index (χ2v) is 2.50. The van der Waals surface area contributed by atoms with Gasteiger partial charge in [0.25, 0.3) is 0 Å². The van der Waals surface area contributed by atoms with Gasteiger partial charge >= 0.3 is 5.63 Å². The largest absolute Gasteiger partial charge is 0.428 e. The van der Waals surface area contributed by atoms with Crippen molar-refractivity contribution in [3.05, 3.63) is 46.5 Å². The van der Waals surface area contributed by atoms with Gasteiger partial charge < -0.3 is 4.42 Å². The fourth-order valence-corrected chi connectivity index (χ4v) is 0.907. The summed E-state index contributed by atoms with van der Waals surface area (Å²) in [5.41, 5.74) is -0.280. The van der Waals surface area contributed by atoms with Crippen LogP contribution in [0.25, 0.3) is 0 Å². The van der Waals surface area contributed by atoms with Gasteiger partial charge in [-0.1, -0.05) is 25.1 Å². The molecule has 0 fully saturated rings. The highest BCUT2D eigenvalue weighted by molar-refractivity contribution is 5.03. The lowest BCUT2D eigenvalue weighted by atomic mass is 10.3. The van der Waals surface area contributed by atoms with Crippen molar-refractivity contribution >= 4 is 0 Å². The molecule has 0 aromatic carbocycles. The van der Waals surface area contributed by atoms with Crippen LogP contribution < -0.4 is 5.63 Å². The quantitative estimate of drug-likeness (QED) is 0.641. The summed E-state index contributed by atoms with van der Waals surface area (Å²) >= 11 is 0. The van der Waals surface area contributed by atoms with Crippen LogP contribution in [-0.2, 0) is 6.42 Å². The predicted octanol–water partition coefficient (Wildman–Crippen LogP) is 2.15. The molecule has 0 atom stereocenters. The van der Waals surface area contributed by atoms with Crippen molar-refractivity contribution in [1.82, 2.24) is 0 Å². The number of hydrogen-bond acceptors (Lipinski definition) is 2. The zero-order valence-corrected chi connectivity index (χ0v) is 7.12. The first kappa shape index (κ1) is 8.78. The van der Waals surface area contributed by atoms with E-state index < -0.39 is 0 Å². The molecule has 12 heavy (non-hydrogen) atoms. The van der Waals surface area contributed by atoms with E-state index in [0.29, 0.717) is 12.2 Å². The Morgan fingerprint density at radius 3 is 2.92 bits per heavy atom. The van der Waals surface area contributed by atoms with Crippen molar-refractivity contribution in [3.63, 3.8) is 0 Å².